The number of nitrogens with zero attached hydrogens (tertiary/aromatic N) is 3. The number of hydrogen-bond acceptors (Lipinski definition) is 3. The highest BCUT2D eigenvalue weighted by Gasteiger charge is 2.06. The first-order valence-electron chi connectivity index (χ1n) is 8.48. The maximum absolute atomic E-state index is 6.00. The molecule has 1 aromatic heterocycles. The molecule has 26 heavy (non-hydrogen) atoms. The molecule has 0 radical (unpaired) electrons. The minimum Gasteiger partial charge on any atom is -0.457 e. The van der Waals surface area contributed by atoms with Crippen molar-refractivity contribution in [3.05, 3.63) is 78.1 Å². The van der Waals surface area contributed by atoms with Gasteiger partial charge in [-0.05, 0) is 24.3 Å². The van der Waals surface area contributed by atoms with Gasteiger partial charge >= 0.3 is 0 Å². The Morgan fingerprint density at radius 3 is 2.46 bits per heavy atom. The average Bonchev–Trinajstić information content (AvgIpc) is 3.09. The third-order valence-electron chi connectivity index (χ3n) is 3.97. The molecule has 6 nitrogen and oxygen atoms in total. The lowest BCUT2D eigenvalue weighted by Gasteiger charge is -2.14. The summed E-state index contributed by atoms with van der Waals surface area (Å²) >= 11 is 0. The monoisotopic (exact) mass is 349 g/mol. The molecule has 1 heterocycles. The first kappa shape index (κ1) is 17.5. The number of hydrogen-bond donors (Lipinski definition) is 2. The van der Waals surface area contributed by atoms with Crippen LogP contribution in [0.25, 0.3) is 0 Å². The summed E-state index contributed by atoms with van der Waals surface area (Å²) in [5.74, 6) is 2.37. The summed E-state index contributed by atoms with van der Waals surface area (Å²) in [5.41, 5.74) is 2.14. The fourth-order valence-electron chi connectivity index (χ4n) is 2.51. The lowest BCUT2D eigenvalue weighted by atomic mass is 10.2. The zero-order valence-electron chi connectivity index (χ0n) is 15.0. The molecule has 0 aliphatic carbocycles. The van der Waals surface area contributed by atoms with Gasteiger partial charge in [-0.3, -0.25) is 9.67 Å². The summed E-state index contributed by atoms with van der Waals surface area (Å²) in [4.78, 5) is 4.27. The van der Waals surface area contributed by atoms with Crippen molar-refractivity contribution in [2.75, 3.05) is 7.05 Å². The van der Waals surface area contributed by atoms with Gasteiger partial charge in [-0.25, -0.2) is 0 Å². The van der Waals surface area contributed by atoms with E-state index in [1.165, 1.54) is 0 Å². The second-order valence-electron chi connectivity index (χ2n) is 5.75. The number of nitrogens with one attached hydrogen (secondary N) is 2. The van der Waals surface area contributed by atoms with Gasteiger partial charge in [0, 0.05) is 32.4 Å². The molecule has 3 aromatic rings. The van der Waals surface area contributed by atoms with Crippen molar-refractivity contribution >= 4 is 5.96 Å². The summed E-state index contributed by atoms with van der Waals surface area (Å²) in [5, 5.41) is 10.8. The minimum atomic E-state index is 0.605. The van der Waals surface area contributed by atoms with Crippen molar-refractivity contribution < 1.29 is 4.74 Å². The van der Waals surface area contributed by atoms with Crippen LogP contribution in [0.5, 0.6) is 11.5 Å². The fraction of sp³-hybridized carbons (Fsp3) is 0.200. The van der Waals surface area contributed by atoms with Crippen LogP contribution >= 0.6 is 0 Å². The van der Waals surface area contributed by atoms with Crippen LogP contribution in [0.3, 0.4) is 0 Å². The molecule has 2 N–H and O–H groups in total. The Balaban J connectivity index is 1.60. The Kier molecular flexibility index (Phi) is 5.88. The standard InChI is InChI=1S/C20H23N5O/c1-21-20(23-15-17-12-13-24-25(17)2)22-14-16-8-6-7-11-19(16)26-18-9-4-3-5-10-18/h3-13H,14-15H2,1-2H3,(H2,21,22,23). The van der Waals surface area contributed by atoms with E-state index in [0.717, 1.165) is 28.7 Å². The number of ether oxygens (including phenoxy) is 1. The maximum atomic E-state index is 6.00. The molecule has 0 spiro atoms. The summed E-state index contributed by atoms with van der Waals surface area (Å²) in [6, 6.07) is 19.7. The van der Waals surface area contributed by atoms with E-state index in [-0.39, 0.29) is 0 Å². The van der Waals surface area contributed by atoms with Crippen LogP contribution in [-0.2, 0) is 20.1 Å². The van der Waals surface area contributed by atoms with E-state index in [4.69, 9.17) is 4.74 Å². The molecular weight excluding hydrogens is 326 g/mol. The molecule has 0 saturated carbocycles. The number of aryl methyl sites for hydroxylation is 1. The molecule has 0 fully saturated rings. The van der Waals surface area contributed by atoms with Crippen molar-refractivity contribution in [3.63, 3.8) is 0 Å². The third-order valence-corrected chi connectivity index (χ3v) is 3.97. The molecular formula is C20H23N5O. The van der Waals surface area contributed by atoms with Crippen LogP contribution in [0.1, 0.15) is 11.3 Å². The van der Waals surface area contributed by atoms with Gasteiger partial charge in [0.25, 0.3) is 0 Å². The molecule has 0 aliphatic rings. The molecule has 0 amide bonds. The summed E-state index contributed by atoms with van der Waals surface area (Å²) in [6.07, 6.45) is 1.78. The first-order valence-corrected chi connectivity index (χ1v) is 8.48. The van der Waals surface area contributed by atoms with Gasteiger partial charge in [0.15, 0.2) is 5.96 Å². The molecule has 2 aromatic carbocycles. The van der Waals surface area contributed by atoms with Gasteiger partial charge in [-0.15, -0.1) is 0 Å². The maximum Gasteiger partial charge on any atom is 0.191 e. The molecule has 0 unspecified atom stereocenters. The van der Waals surface area contributed by atoms with Gasteiger partial charge in [0.05, 0.1) is 12.2 Å². The van der Waals surface area contributed by atoms with Gasteiger partial charge in [0.1, 0.15) is 11.5 Å². The van der Waals surface area contributed by atoms with Crippen molar-refractivity contribution in [1.82, 2.24) is 20.4 Å². The highest BCUT2D eigenvalue weighted by molar-refractivity contribution is 5.79. The quantitative estimate of drug-likeness (QED) is 0.530. The van der Waals surface area contributed by atoms with Crippen LogP contribution < -0.4 is 15.4 Å². The number of rotatable bonds is 6. The highest BCUT2D eigenvalue weighted by atomic mass is 16.5. The second kappa shape index (κ2) is 8.71. The van der Waals surface area contributed by atoms with E-state index < -0.39 is 0 Å². The largest absolute Gasteiger partial charge is 0.457 e. The van der Waals surface area contributed by atoms with E-state index in [2.05, 4.69) is 20.7 Å². The molecule has 134 valence electrons. The van der Waals surface area contributed by atoms with E-state index in [1.807, 2.05) is 72.4 Å². The van der Waals surface area contributed by atoms with Crippen molar-refractivity contribution in [3.8, 4) is 11.5 Å². The number of para-hydroxylation sites is 2. The number of benzene rings is 2. The predicted molar refractivity (Wildman–Crippen MR) is 103 cm³/mol. The molecule has 6 heteroatoms. The highest BCUT2D eigenvalue weighted by Crippen LogP contribution is 2.24. The van der Waals surface area contributed by atoms with E-state index in [0.29, 0.717) is 13.1 Å². The average molecular weight is 349 g/mol. The van der Waals surface area contributed by atoms with Crippen LogP contribution in [-0.4, -0.2) is 22.8 Å². The lowest BCUT2D eigenvalue weighted by molar-refractivity contribution is 0.475. The van der Waals surface area contributed by atoms with Crippen LogP contribution in [0.2, 0.25) is 0 Å². The lowest BCUT2D eigenvalue weighted by Crippen LogP contribution is -2.36. The first-order chi connectivity index (χ1) is 12.8. The minimum absolute atomic E-state index is 0.605. The fourth-order valence-corrected chi connectivity index (χ4v) is 2.51. The smallest absolute Gasteiger partial charge is 0.191 e. The van der Waals surface area contributed by atoms with Crippen LogP contribution in [0.4, 0.5) is 0 Å². The molecule has 0 atom stereocenters. The normalized spacial score (nSPS) is 11.2. The summed E-state index contributed by atoms with van der Waals surface area (Å²) in [6.45, 7) is 1.26. The Morgan fingerprint density at radius 2 is 1.73 bits per heavy atom. The Morgan fingerprint density at radius 1 is 1.00 bits per heavy atom. The topological polar surface area (TPSA) is 63.5 Å². The van der Waals surface area contributed by atoms with Gasteiger partial charge in [-0.1, -0.05) is 36.4 Å². The number of aromatic nitrogens is 2. The molecule has 3 rings (SSSR count). The SMILES string of the molecule is CN=C(NCc1ccccc1Oc1ccccc1)NCc1ccnn1C. The molecule has 0 bridgehead atoms. The Labute approximate surface area is 153 Å². The summed E-state index contributed by atoms with van der Waals surface area (Å²) in [7, 11) is 3.68. The Bertz CT molecular complexity index is 857. The van der Waals surface area contributed by atoms with E-state index in [9.17, 15) is 0 Å². The third kappa shape index (κ3) is 4.63. The van der Waals surface area contributed by atoms with Gasteiger partial charge < -0.3 is 15.4 Å². The number of guanidine groups is 1. The second-order valence-corrected chi connectivity index (χ2v) is 5.75. The summed E-state index contributed by atoms with van der Waals surface area (Å²) < 4.78 is 7.83. The zero-order valence-corrected chi connectivity index (χ0v) is 15.0. The Hall–Kier alpha value is -3.28. The van der Waals surface area contributed by atoms with Crippen molar-refractivity contribution in [1.29, 1.82) is 0 Å². The molecule has 0 aliphatic heterocycles. The van der Waals surface area contributed by atoms with E-state index in [1.54, 1.807) is 13.2 Å². The van der Waals surface area contributed by atoms with Crippen LogP contribution in [0, 0.1) is 0 Å². The van der Waals surface area contributed by atoms with Gasteiger partial charge in [-0.2, -0.15) is 5.10 Å². The van der Waals surface area contributed by atoms with Crippen molar-refractivity contribution in [2.45, 2.75) is 13.1 Å². The van der Waals surface area contributed by atoms with Crippen molar-refractivity contribution in [2.24, 2.45) is 12.0 Å². The van der Waals surface area contributed by atoms with E-state index >= 15 is 0 Å². The van der Waals surface area contributed by atoms with Crippen LogP contribution in [0.15, 0.2) is 71.9 Å². The number of aliphatic imine (C=N–C) groups is 1. The zero-order chi connectivity index (χ0) is 18.2. The molecule has 0 saturated heterocycles. The van der Waals surface area contributed by atoms with Gasteiger partial charge in [0.2, 0.25) is 0 Å². The predicted octanol–water partition coefficient (Wildman–Crippen LogP) is 3.08.